The molecule has 13 heteroatoms. The van der Waals surface area contributed by atoms with E-state index in [-0.39, 0.29) is 33.7 Å². The highest BCUT2D eigenvalue weighted by Gasteiger charge is 2.20. The molecule has 494 valence electrons. The Morgan fingerprint density at radius 2 is 0.710 bits per heavy atom. The van der Waals surface area contributed by atoms with Gasteiger partial charge in [-0.25, -0.2) is 0 Å². The number of ether oxygens (including phenoxy) is 6. The maximum Gasteiger partial charge on any atom is 0.238 e. The first-order chi connectivity index (χ1) is 49.1. The molecule has 2 aromatic heterocycles. The number of carbonyl (C=O) groups is 1. The lowest BCUT2D eigenvalue weighted by Gasteiger charge is -2.11. The molecule has 0 saturated heterocycles. The van der Waals surface area contributed by atoms with E-state index >= 15 is 0 Å². The van der Waals surface area contributed by atoms with E-state index in [2.05, 4.69) is 0 Å². The number of hydrogen-bond donors (Lipinski definition) is 2. The fourth-order valence-electron chi connectivity index (χ4n) is 10.6. The van der Waals surface area contributed by atoms with Crippen molar-refractivity contribution in [1.82, 2.24) is 0 Å². The van der Waals surface area contributed by atoms with E-state index in [0.29, 0.717) is 90.5 Å². The maximum atomic E-state index is 13.1. The molecule has 0 radical (unpaired) electrons. The quantitative estimate of drug-likeness (QED) is 0.0458. The van der Waals surface area contributed by atoms with E-state index in [4.69, 9.17) is 37.3 Å². The minimum absolute atomic E-state index is 0.104. The van der Waals surface area contributed by atoms with Crippen LogP contribution in [-0.2, 0) is 39.6 Å². The van der Waals surface area contributed by atoms with Gasteiger partial charge >= 0.3 is 0 Å². The van der Waals surface area contributed by atoms with Crippen LogP contribution in [0.15, 0.2) is 340 Å². The minimum Gasteiger partial charge on any atom is -0.507 e. The lowest BCUT2D eigenvalue weighted by Crippen LogP contribution is -2.06. The van der Waals surface area contributed by atoms with Gasteiger partial charge < -0.3 is 47.5 Å². The standard InChI is InChI=1S/C29H22O5.C29H22O4.C29H24O4/c30-27-26-24(33-19-21-10-5-2-6-11-21)12-7-13-25(26)34-29(28(27)31)22-14-16-23(17-15-22)32-18-20-8-3-1-4-9-20;30-25-18-28(23-14-16-24(17-15-23)31-19-21-8-3-1-4-9-21)33-27-13-7-12-26(29(25)27)32-20-22-10-5-2-6-11-22;30-26-12-7-13-28(33-21-24-10-5-2-6-11-24)29(26)27(31)19-16-22-14-17-25(18-15-22)32-20-23-8-3-1-4-9-23/h1-17,31H,18-19H2;1-18H,19-20H2;1-19,30H,20-21H2/b;;19-16+. The highest BCUT2D eigenvalue weighted by Crippen LogP contribution is 2.36. The number of phenolic OH excluding ortho intramolecular Hbond substituents is 1. The van der Waals surface area contributed by atoms with E-state index < -0.39 is 11.2 Å². The molecule has 2 heterocycles. The summed E-state index contributed by atoms with van der Waals surface area (Å²) in [4.78, 5) is 38.9. The van der Waals surface area contributed by atoms with Gasteiger partial charge in [-0.05, 0) is 142 Å². The van der Waals surface area contributed by atoms with Crippen LogP contribution < -0.4 is 39.3 Å². The van der Waals surface area contributed by atoms with Crippen molar-refractivity contribution in [3.05, 3.63) is 386 Å². The van der Waals surface area contributed by atoms with Crippen molar-refractivity contribution >= 4 is 33.8 Å². The molecule has 0 aliphatic carbocycles. The molecule has 2 N–H and O–H groups in total. The molecule has 13 nitrogen and oxygen atoms in total. The Labute approximate surface area is 577 Å². The molecule has 100 heavy (non-hydrogen) atoms. The third-order valence-electron chi connectivity index (χ3n) is 15.8. The SMILES string of the molecule is O=C(/C=C/c1ccc(OCc2ccccc2)cc1)c1c(O)cccc1OCc1ccccc1.O=c1c(O)c(-c2ccc(OCc3ccccc3)cc2)oc2cccc(OCc3ccccc3)c12.O=c1cc(-c2ccc(OCc3ccccc3)cc2)oc2cccc(OCc3ccccc3)c12. The first-order valence-corrected chi connectivity index (χ1v) is 32.4. The largest absolute Gasteiger partial charge is 0.507 e. The summed E-state index contributed by atoms with van der Waals surface area (Å²) >= 11 is 0. The van der Waals surface area contributed by atoms with Crippen molar-refractivity contribution in [2.75, 3.05) is 0 Å². The van der Waals surface area contributed by atoms with Gasteiger partial charge in [0.05, 0.1) is 0 Å². The van der Waals surface area contributed by atoms with E-state index in [1.54, 1.807) is 72.8 Å². The van der Waals surface area contributed by atoms with Gasteiger partial charge in [-0.15, -0.1) is 0 Å². The number of rotatable bonds is 23. The molecule has 0 aliphatic heterocycles. The first kappa shape index (κ1) is 66.9. The summed E-state index contributed by atoms with van der Waals surface area (Å²) in [5.41, 5.74) is 8.76. The Kier molecular flexibility index (Phi) is 22.4. The van der Waals surface area contributed by atoms with Crippen molar-refractivity contribution < 1.29 is 52.3 Å². The Hall–Kier alpha value is -13.1. The zero-order valence-corrected chi connectivity index (χ0v) is 54.3. The number of phenols is 1. The Morgan fingerprint density at radius 1 is 0.350 bits per heavy atom. The highest BCUT2D eigenvalue weighted by atomic mass is 16.5. The van der Waals surface area contributed by atoms with E-state index in [0.717, 1.165) is 56.0 Å². The maximum absolute atomic E-state index is 13.1. The molecule has 0 spiro atoms. The Balaban J connectivity index is 0.000000142. The van der Waals surface area contributed by atoms with E-state index in [1.165, 1.54) is 18.2 Å². The lowest BCUT2D eigenvalue weighted by molar-refractivity contribution is 0.104. The van der Waals surface area contributed by atoms with Gasteiger partial charge in [0.1, 0.15) is 113 Å². The monoisotopic (exact) mass is 1320 g/mol. The summed E-state index contributed by atoms with van der Waals surface area (Å²) in [6, 6.07) is 97.9. The minimum atomic E-state index is -0.538. The zero-order chi connectivity index (χ0) is 68.7. The number of aromatic hydroxyl groups is 2. The molecule has 0 saturated carbocycles. The van der Waals surface area contributed by atoms with Gasteiger partial charge in [-0.1, -0.05) is 218 Å². The van der Waals surface area contributed by atoms with Crippen molar-refractivity contribution in [3.63, 3.8) is 0 Å². The molecule has 0 amide bonds. The second-order valence-electron chi connectivity index (χ2n) is 23.0. The van der Waals surface area contributed by atoms with Gasteiger partial charge in [0.25, 0.3) is 0 Å². The number of carbonyl (C=O) groups excluding carboxylic acids is 1. The van der Waals surface area contributed by atoms with Gasteiger partial charge in [0.2, 0.25) is 11.2 Å². The van der Waals surface area contributed by atoms with Crippen LogP contribution in [-0.4, -0.2) is 16.0 Å². The fourth-order valence-corrected chi connectivity index (χ4v) is 10.6. The summed E-state index contributed by atoms with van der Waals surface area (Å²) in [6.45, 7) is 2.42. The van der Waals surface area contributed by atoms with Crippen LogP contribution in [0.5, 0.6) is 46.0 Å². The Bertz CT molecular complexity index is 5110. The fraction of sp³-hybridized carbons (Fsp3) is 0.0690. The molecule has 0 aliphatic rings. The molecule has 14 rings (SSSR count). The normalized spacial score (nSPS) is 10.8. The summed E-state index contributed by atoms with van der Waals surface area (Å²) < 4.78 is 47.1. The van der Waals surface area contributed by atoms with Gasteiger partial charge in [-0.3, -0.25) is 14.4 Å². The number of hydrogen-bond acceptors (Lipinski definition) is 13. The lowest BCUT2D eigenvalue weighted by atomic mass is 10.1. The molecular weight excluding hydrogens is 1250 g/mol. The number of allylic oxidation sites excluding steroid dienone is 1. The predicted molar refractivity (Wildman–Crippen MR) is 390 cm³/mol. The van der Waals surface area contributed by atoms with Crippen molar-refractivity contribution in [2.24, 2.45) is 0 Å². The van der Waals surface area contributed by atoms with Crippen LogP contribution in [0.2, 0.25) is 0 Å². The van der Waals surface area contributed by atoms with Gasteiger partial charge in [0.15, 0.2) is 17.0 Å². The number of fused-ring (bicyclic) bond motifs is 2. The second-order valence-corrected chi connectivity index (χ2v) is 23.0. The number of ketones is 1. The average Bonchev–Trinajstić information content (AvgIpc) is 0.767. The average molecular weight is 1320 g/mol. The number of benzene rings is 12. The van der Waals surface area contributed by atoms with Crippen LogP contribution in [0.3, 0.4) is 0 Å². The summed E-state index contributed by atoms with van der Waals surface area (Å²) in [5, 5.41) is 21.6. The molecule has 14 aromatic rings. The molecule has 0 atom stereocenters. The van der Waals surface area contributed by atoms with Crippen LogP contribution in [0.4, 0.5) is 0 Å². The molecule has 0 fully saturated rings. The van der Waals surface area contributed by atoms with Crippen LogP contribution in [0.25, 0.3) is 50.7 Å². The third-order valence-corrected chi connectivity index (χ3v) is 15.8. The zero-order valence-electron chi connectivity index (χ0n) is 54.3. The smallest absolute Gasteiger partial charge is 0.238 e. The Morgan fingerprint density at radius 3 is 1.15 bits per heavy atom. The topological polar surface area (TPSA) is 173 Å². The predicted octanol–water partition coefficient (Wildman–Crippen LogP) is 19.4. The molecule has 0 bridgehead atoms. The van der Waals surface area contributed by atoms with Crippen molar-refractivity contribution in [2.45, 2.75) is 39.6 Å². The van der Waals surface area contributed by atoms with E-state index in [9.17, 15) is 24.6 Å². The first-order valence-electron chi connectivity index (χ1n) is 32.4. The van der Waals surface area contributed by atoms with Crippen LogP contribution in [0.1, 0.15) is 49.3 Å². The van der Waals surface area contributed by atoms with Gasteiger partial charge in [0, 0.05) is 17.2 Å². The second kappa shape index (κ2) is 33.5. The molecule has 12 aromatic carbocycles. The van der Waals surface area contributed by atoms with E-state index in [1.807, 2.05) is 237 Å². The highest BCUT2D eigenvalue weighted by molar-refractivity contribution is 6.10. The van der Waals surface area contributed by atoms with Crippen LogP contribution in [0, 0.1) is 0 Å². The van der Waals surface area contributed by atoms with Crippen molar-refractivity contribution in [1.29, 1.82) is 0 Å². The summed E-state index contributed by atoms with van der Waals surface area (Å²) in [5.74, 6) is 3.10. The molecule has 0 unspecified atom stereocenters. The van der Waals surface area contributed by atoms with Crippen molar-refractivity contribution in [3.8, 4) is 68.6 Å². The summed E-state index contributed by atoms with van der Waals surface area (Å²) in [6.07, 6.45) is 3.14. The molecular formula is C87H68O13. The van der Waals surface area contributed by atoms with Crippen LogP contribution >= 0.6 is 0 Å². The third kappa shape index (κ3) is 18.0. The summed E-state index contributed by atoms with van der Waals surface area (Å²) in [7, 11) is 0. The van der Waals surface area contributed by atoms with Gasteiger partial charge in [-0.2, -0.15) is 0 Å².